The Balaban J connectivity index is 1.48. The molecule has 7 heteroatoms. The molecule has 2 aromatic carbocycles. The lowest BCUT2D eigenvalue weighted by molar-refractivity contribution is 0.306. The van der Waals surface area contributed by atoms with Gasteiger partial charge in [-0.3, -0.25) is 4.99 Å². The molecule has 0 unspecified atom stereocenters. The first-order valence-electron chi connectivity index (χ1n) is 10.4. The second-order valence-corrected chi connectivity index (χ2v) is 9.61. The van der Waals surface area contributed by atoms with E-state index in [-0.39, 0.29) is 11.8 Å². The Kier molecular flexibility index (Phi) is 7.50. The number of hydrogen-bond acceptors (Lipinski definition) is 3. The molecule has 1 aliphatic rings. The van der Waals surface area contributed by atoms with Gasteiger partial charge in [0.1, 0.15) is 0 Å². The Morgan fingerprint density at radius 2 is 1.86 bits per heavy atom. The molecule has 1 aliphatic heterocycles. The summed E-state index contributed by atoms with van der Waals surface area (Å²) in [7, 11) is -1.32. The van der Waals surface area contributed by atoms with Crippen LogP contribution in [0.3, 0.4) is 0 Å². The lowest BCUT2D eigenvalue weighted by Gasteiger charge is -2.32. The first-order valence-corrected chi connectivity index (χ1v) is 12.1. The van der Waals surface area contributed by atoms with Gasteiger partial charge in [0.15, 0.2) is 5.96 Å². The molecule has 0 atom stereocenters. The topological polar surface area (TPSA) is 73.8 Å². The van der Waals surface area contributed by atoms with Gasteiger partial charge in [0.2, 0.25) is 10.0 Å². The van der Waals surface area contributed by atoms with Crippen LogP contribution in [-0.4, -0.2) is 57.2 Å². The summed E-state index contributed by atoms with van der Waals surface area (Å²) >= 11 is 0. The van der Waals surface area contributed by atoms with Crippen molar-refractivity contribution in [2.75, 3.05) is 32.4 Å². The van der Waals surface area contributed by atoms with Gasteiger partial charge in [-0.15, -0.1) is 0 Å². The van der Waals surface area contributed by atoms with Crippen molar-refractivity contribution in [2.24, 2.45) is 4.99 Å². The second-order valence-electron chi connectivity index (χ2n) is 7.52. The molecule has 0 saturated carbocycles. The van der Waals surface area contributed by atoms with Crippen LogP contribution in [0, 0.1) is 0 Å². The molecule has 0 aliphatic carbocycles. The predicted octanol–water partition coefficient (Wildman–Crippen LogP) is 2.75. The monoisotopic (exact) mass is 416 g/mol. The molecule has 0 amide bonds. The van der Waals surface area contributed by atoms with Crippen LogP contribution in [0.25, 0.3) is 10.8 Å². The quantitative estimate of drug-likeness (QED) is 0.538. The van der Waals surface area contributed by atoms with Crippen molar-refractivity contribution in [3.05, 3.63) is 48.0 Å². The van der Waals surface area contributed by atoms with Crippen molar-refractivity contribution >= 4 is 26.8 Å². The smallest absolute Gasteiger partial charge is 0.214 e. The zero-order chi connectivity index (χ0) is 20.7. The van der Waals surface area contributed by atoms with Crippen LogP contribution in [0.1, 0.15) is 31.7 Å². The molecule has 2 N–H and O–H groups in total. The number of benzene rings is 2. The number of nitrogens with one attached hydrogen (secondary N) is 2. The normalized spacial score (nSPS) is 16.8. The van der Waals surface area contributed by atoms with E-state index in [1.54, 1.807) is 11.4 Å². The molecule has 158 valence electrons. The number of aliphatic imine (C=N–C) groups is 1. The molecule has 0 bridgehead atoms. The molecule has 29 heavy (non-hydrogen) atoms. The van der Waals surface area contributed by atoms with Crippen LogP contribution in [0.4, 0.5) is 0 Å². The minimum absolute atomic E-state index is 0.239. The minimum Gasteiger partial charge on any atom is -0.356 e. The lowest BCUT2D eigenvalue weighted by atomic mass is 10.0. The fraction of sp³-hybridized carbons (Fsp3) is 0.500. The fourth-order valence-corrected chi connectivity index (χ4v) is 5.42. The highest BCUT2D eigenvalue weighted by atomic mass is 32.2. The van der Waals surface area contributed by atoms with E-state index in [4.69, 9.17) is 0 Å². The molecular weight excluding hydrogens is 384 g/mol. The highest BCUT2D eigenvalue weighted by molar-refractivity contribution is 7.89. The lowest BCUT2D eigenvalue weighted by Crippen LogP contribution is -2.50. The van der Waals surface area contributed by atoms with Crippen molar-refractivity contribution in [1.29, 1.82) is 0 Å². The fourth-order valence-electron chi connectivity index (χ4n) is 3.88. The average Bonchev–Trinajstić information content (AvgIpc) is 2.73. The third-order valence-electron chi connectivity index (χ3n) is 5.44. The van der Waals surface area contributed by atoms with E-state index in [9.17, 15) is 8.42 Å². The van der Waals surface area contributed by atoms with Crippen LogP contribution in [0.2, 0.25) is 0 Å². The predicted molar refractivity (Wildman–Crippen MR) is 121 cm³/mol. The Hall–Kier alpha value is -2.12. The molecule has 0 spiro atoms. The molecule has 3 rings (SSSR count). The summed E-state index contributed by atoms with van der Waals surface area (Å²) in [4.78, 5) is 4.34. The van der Waals surface area contributed by atoms with Crippen LogP contribution in [-0.2, 0) is 16.4 Å². The van der Waals surface area contributed by atoms with E-state index >= 15 is 0 Å². The largest absolute Gasteiger partial charge is 0.356 e. The number of fused-ring (bicyclic) bond motifs is 1. The molecule has 0 radical (unpaired) electrons. The molecular formula is C22H32N4O2S. The van der Waals surface area contributed by atoms with Crippen LogP contribution >= 0.6 is 0 Å². The van der Waals surface area contributed by atoms with Crippen LogP contribution in [0.5, 0.6) is 0 Å². The van der Waals surface area contributed by atoms with Gasteiger partial charge in [-0.05, 0) is 42.0 Å². The SMILES string of the molecule is CCCS(=O)(=O)N1CCC(NC(=NC)NCCc2cccc3ccccc23)CC1. The zero-order valence-electron chi connectivity index (χ0n) is 17.4. The Morgan fingerprint density at radius 1 is 1.14 bits per heavy atom. The van der Waals surface area contributed by atoms with E-state index in [0.29, 0.717) is 19.5 Å². The van der Waals surface area contributed by atoms with Crippen molar-refractivity contribution in [2.45, 2.75) is 38.6 Å². The van der Waals surface area contributed by atoms with E-state index in [0.717, 1.165) is 31.8 Å². The van der Waals surface area contributed by atoms with Gasteiger partial charge in [-0.25, -0.2) is 12.7 Å². The summed E-state index contributed by atoms with van der Waals surface area (Å²) in [5.41, 5.74) is 1.32. The van der Waals surface area contributed by atoms with E-state index in [1.807, 2.05) is 6.92 Å². The summed E-state index contributed by atoms with van der Waals surface area (Å²) in [6.07, 6.45) is 3.17. The summed E-state index contributed by atoms with van der Waals surface area (Å²) in [5, 5.41) is 9.40. The number of hydrogen-bond donors (Lipinski definition) is 2. The van der Waals surface area contributed by atoms with Gasteiger partial charge in [0.25, 0.3) is 0 Å². The Labute approximate surface area is 174 Å². The third-order valence-corrected chi connectivity index (χ3v) is 7.52. The maximum Gasteiger partial charge on any atom is 0.214 e. The van der Waals surface area contributed by atoms with Crippen molar-refractivity contribution in [3.63, 3.8) is 0 Å². The summed E-state index contributed by atoms with van der Waals surface area (Å²) in [6, 6.07) is 15.1. The molecule has 0 aromatic heterocycles. The molecule has 1 heterocycles. The first-order chi connectivity index (χ1) is 14.0. The average molecular weight is 417 g/mol. The third kappa shape index (κ3) is 5.70. The van der Waals surface area contributed by atoms with Crippen LogP contribution in [0.15, 0.2) is 47.5 Å². The molecule has 1 saturated heterocycles. The maximum absolute atomic E-state index is 12.2. The number of nitrogens with zero attached hydrogens (tertiary/aromatic N) is 2. The van der Waals surface area contributed by atoms with E-state index < -0.39 is 10.0 Å². The van der Waals surface area contributed by atoms with Crippen LogP contribution < -0.4 is 10.6 Å². The summed E-state index contributed by atoms with van der Waals surface area (Å²) < 4.78 is 26.0. The van der Waals surface area contributed by atoms with E-state index in [1.165, 1.54) is 16.3 Å². The number of sulfonamides is 1. The first kappa shape index (κ1) is 21.6. The van der Waals surface area contributed by atoms with Gasteiger partial charge >= 0.3 is 0 Å². The molecule has 2 aromatic rings. The molecule has 6 nitrogen and oxygen atoms in total. The van der Waals surface area contributed by atoms with Crippen molar-refractivity contribution in [3.8, 4) is 0 Å². The highest BCUT2D eigenvalue weighted by Gasteiger charge is 2.27. The summed E-state index contributed by atoms with van der Waals surface area (Å²) in [6.45, 7) is 3.84. The van der Waals surface area contributed by atoms with Gasteiger partial charge in [-0.2, -0.15) is 0 Å². The summed E-state index contributed by atoms with van der Waals surface area (Å²) in [5.74, 6) is 1.02. The number of piperidine rings is 1. The minimum atomic E-state index is -3.09. The highest BCUT2D eigenvalue weighted by Crippen LogP contribution is 2.18. The maximum atomic E-state index is 12.2. The second kappa shape index (κ2) is 10.1. The van der Waals surface area contributed by atoms with Gasteiger partial charge in [-0.1, -0.05) is 49.4 Å². The van der Waals surface area contributed by atoms with Crippen molar-refractivity contribution < 1.29 is 8.42 Å². The Bertz CT molecular complexity index is 929. The number of guanidine groups is 1. The standard InChI is InChI=1S/C22H32N4O2S/c1-3-17-29(27,28)26-15-12-20(13-16-26)25-22(23-2)24-14-11-19-9-6-8-18-7-4-5-10-21(18)19/h4-10,20H,3,11-17H2,1-2H3,(H2,23,24,25). The van der Waals surface area contributed by atoms with Gasteiger partial charge in [0, 0.05) is 32.7 Å². The van der Waals surface area contributed by atoms with Crippen molar-refractivity contribution in [1.82, 2.24) is 14.9 Å². The number of rotatable bonds is 7. The van der Waals surface area contributed by atoms with Gasteiger partial charge in [0.05, 0.1) is 5.75 Å². The van der Waals surface area contributed by atoms with Gasteiger partial charge < -0.3 is 10.6 Å². The Morgan fingerprint density at radius 3 is 2.59 bits per heavy atom. The van der Waals surface area contributed by atoms with E-state index in [2.05, 4.69) is 58.1 Å². The zero-order valence-corrected chi connectivity index (χ0v) is 18.2. The molecule has 1 fully saturated rings.